The zero-order chi connectivity index (χ0) is 20.4. The minimum Gasteiger partial charge on any atom is -0.497 e. The molecule has 0 spiro atoms. The van der Waals surface area contributed by atoms with Gasteiger partial charge in [-0.15, -0.1) is 13.2 Å². The van der Waals surface area contributed by atoms with Crippen LogP contribution in [0.2, 0.25) is 0 Å². The molecule has 0 aliphatic heterocycles. The number of fused-ring (bicyclic) bond motifs is 1. The molecule has 0 radical (unpaired) electrons. The average molecular weight is 400 g/mol. The van der Waals surface area contributed by atoms with E-state index >= 15 is 0 Å². The highest BCUT2D eigenvalue weighted by Crippen LogP contribution is 2.30. The van der Waals surface area contributed by atoms with Gasteiger partial charge >= 0.3 is 6.36 Å². The summed E-state index contributed by atoms with van der Waals surface area (Å²) in [6.07, 6.45) is 0.110. The number of alkyl halides is 3. The maximum atomic E-state index is 12.5. The van der Waals surface area contributed by atoms with Gasteiger partial charge in [-0.05, 0) is 36.4 Å². The third-order valence-corrected chi connectivity index (χ3v) is 4.14. The van der Waals surface area contributed by atoms with Crippen LogP contribution < -0.4 is 14.8 Å². The zero-order valence-corrected chi connectivity index (χ0v) is 15.1. The van der Waals surface area contributed by atoms with E-state index in [2.05, 4.69) is 20.0 Å². The fourth-order valence-corrected chi connectivity index (χ4v) is 2.88. The fraction of sp³-hybridized carbons (Fsp3) is 0.100. The van der Waals surface area contributed by atoms with Crippen LogP contribution in [0.15, 0.2) is 67.1 Å². The molecule has 6 nitrogen and oxygen atoms in total. The normalized spacial score (nSPS) is 11.4. The van der Waals surface area contributed by atoms with E-state index < -0.39 is 6.36 Å². The zero-order valence-electron chi connectivity index (χ0n) is 15.1. The third kappa shape index (κ3) is 4.08. The molecule has 29 heavy (non-hydrogen) atoms. The van der Waals surface area contributed by atoms with Crippen LogP contribution in [-0.2, 0) is 0 Å². The Morgan fingerprint density at radius 2 is 1.79 bits per heavy atom. The summed E-state index contributed by atoms with van der Waals surface area (Å²) in [4.78, 5) is 8.73. The van der Waals surface area contributed by atoms with Crippen molar-refractivity contribution < 1.29 is 22.6 Å². The Balaban J connectivity index is 1.69. The first kappa shape index (κ1) is 18.6. The number of nitrogens with one attached hydrogen (secondary N) is 1. The second kappa shape index (κ2) is 7.34. The van der Waals surface area contributed by atoms with Gasteiger partial charge in [0.15, 0.2) is 11.5 Å². The van der Waals surface area contributed by atoms with E-state index in [1.807, 2.05) is 24.3 Å². The van der Waals surface area contributed by atoms with E-state index in [0.717, 1.165) is 11.4 Å². The molecule has 0 aliphatic carbocycles. The first-order valence-electron chi connectivity index (χ1n) is 8.52. The number of nitrogens with zero attached hydrogens (tertiary/aromatic N) is 3. The Bertz CT molecular complexity index is 1140. The smallest absolute Gasteiger partial charge is 0.497 e. The van der Waals surface area contributed by atoms with Crippen LogP contribution in [0.5, 0.6) is 11.5 Å². The lowest BCUT2D eigenvalue weighted by Crippen LogP contribution is -2.17. The van der Waals surface area contributed by atoms with E-state index in [0.29, 0.717) is 22.7 Å². The molecule has 0 aliphatic rings. The van der Waals surface area contributed by atoms with E-state index in [4.69, 9.17) is 4.74 Å². The molecule has 0 unspecified atom stereocenters. The number of anilines is 2. The Morgan fingerprint density at radius 1 is 1.00 bits per heavy atom. The summed E-state index contributed by atoms with van der Waals surface area (Å²) in [5.41, 5.74) is 2.40. The van der Waals surface area contributed by atoms with Crippen LogP contribution in [-0.4, -0.2) is 27.8 Å². The predicted molar refractivity (Wildman–Crippen MR) is 101 cm³/mol. The molecule has 9 heteroatoms. The van der Waals surface area contributed by atoms with Gasteiger partial charge in [0.2, 0.25) is 0 Å². The summed E-state index contributed by atoms with van der Waals surface area (Å²) < 4.78 is 48.5. The highest BCUT2D eigenvalue weighted by Gasteiger charge is 2.31. The Morgan fingerprint density at radius 3 is 2.52 bits per heavy atom. The number of methoxy groups -OCH3 is 1. The van der Waals surface area contributed by atoms with Crippen LogP contribution in [0.4, 0.5) is 24.7 Å². The van der Waals surface area contributed by atoms with Crippen LogP contribution >= 0.6 is 0 Å². The van der Waals surface area contributed by atoms with Crippen LogP contribution in [0.1, 0.15) is 0 Å². The highest BCUT2D eigenvalue weighted by molar-refractivity contribution is 5.74. The number of ether oxygens (including phenoxy) is 2. The van der Waals surface area contributed by atoms with Gasteiger partial charge in [-0.25, -0.2) is 9.97 Å². The van der Waals surface area contributed by atoms with Gasteiger partial charge in [0.25, 0.3) is 0 Å². The van der Waals surface area contributed by atoms with E-state index in [1.165, 1.54) is 18.2 Å². The van der Waals surface area contributed by atoms with Crippen molar-refractivity contribution in [2.24, 2.45) is 0 Å². The van der Waals surface area contributed by atoms with Crippen LogP contribution in [0.3, 0.4) is 0 Å². The quantitative estimate of drug-likeness (QED) is 0.508. The van der Waals surface area contributed by atoms with Crippen molar-refractivity contribution in [3.05, 3.63) is 67.1 Å². The molecule has 148 valence electrons. The summed E-state index contributed by atoms with van der Waals surface area (Å²) in [5, 5.41) is 3.18. The van der Waals surface area contributed by atoms with Gasteiger partial charge in [-0.1, -0.05) is 12.1 Å². The van der Waals surface area contributed by atoms with E-state index in [-0.39, 0.29) is 5.75 Å². The lowest BCUT2D eigenvalue weighted by Gasteiger charge is -2.13. The molecule has 0 atom stereocenters. The Kier molecular flexibility index (Phi) is 4.71. The summed E-state index contributed by atoms with van der Waals surface area (Å²) in [5.74, 6) is 0.932. The number of benzene rings is 2. The topological polar surface area (TPSA) is 60.7 Å². The monoisotopic (exact) mass is 400 g/mol. The summed E-state index contributed by atoms with van der Waals surface area (Å²) in [6.45, 7) is 0. The van der Waals surface area contributed by atoms with E-state index in [1.54, 1.807) is 36.2 Å². The SMILES string of the molecule is COc1ccc(Nc2ncc(-c3cccc(OC(F)(F)F)c3)n3ccnc23)cc1. The molecule has 0 saturated carbocycles. The third-order valence-electron chi connectivity index (χ3n) is 4.14. The first-order valence-corrected chi connectivity index (χ1v) is 8.52. The van der Waals surface area contributed by atoms with Crippen molar-refractivity contribution in [3.8, 4) is 22.8 Å². The number of halogens is 3. The van der Waals surface area contributed by atoms with Gasteiger partial charge in [0.1, 0.15) is 11.5 Å². The molecule has 2 aromatic carbocycles. The Labute approximate surface area is 163 Å². The molecule has 1 N–H and O–H groups in total. The molecule has 2 heterocycles. The van der Waals surface area contributed by atoms with Crippen molar-refractivity contribution in [1.29, 1.82) is 0 Å². The van der Waals surface area contributed by atoms with E-state index in [9.17, 15) is 13.2 Å². The fourth-order valence-electron chi connectivity index (χ4n) is 2.88. The van der Waals surface area contributed by atoms with Gasteiger partial charge in [-0.3, -0.25) is 4.40 Å². The van der Waals surface area contributed by atoms with Crippen LogP contribution in [0.25, 0.3) is 16.9 Å². The predicted octanol–water partition coefficient (Wildman–Crippen LogP) is 5.05. The van der Waals surface area contributed by atoms with Gasteiger partial charge in [-0.2, -0.15) is 0 Å². The number of hydrogen-bond donors (Lipinski definition) is 1. The second-order valence-electron chi connectivity index (χ2n) is 6.04. The first-order chi connectivity index (χ1) is 13.9. The number of imidazole rings is 1. The minimum absolute atomic E-state index is 0.302. The number of aromatic nitrogens is 3. The molecule has 4 aromatic rings. The summed E-state index contributed by atoms with van der Waals surface area (Å²) >= 11 is 0. The molecule has 4 rings (SSSR count). The highest BCUT2D eigenvalue weighted by atomic mass is 19.4. The molecule has 0 saturated heterocycles. The maximum absolute atomic E-state index is 12.5. The standard InChI is InChI=1S/C20H15F3N4O2/c1-28-15-7-5-14(6-8-15)26-18-19-24-9-10-27(19)17(12-25-18)13-3-2-4-16(11-13)29-20(21,22)23/h2-12H,1H3,(H,25,26). The van der Waals surface area contributed by atoms with Crippen molar-refractivity contribution in [3.63, 3.8) is 0 Å². The van der Waals surface area contributed by atoms with Crippen molar-refractivity contribution in [2.75, 3.05) is 12.4 Å². The lowest BCUT2D eigenvalue weighted by molar-refractivity contribution is -0.274. The van der Waals surface area contributed by atoms with Gasteiger partial charge in [0.05, 0.1) is 19.0 Å². The lowest BCUT2D eigenvalue weighted by atomic mass is 10.1. The minimum atomic E-state index is -4.76. The second-order valence-corrected chi connectivity index (χ2v) is 6.04. The molecule has 0 bridgehead atoms. The summed E-state index contributed by atoms with van der Waals surface area (Å²) in [7, 11) is 1.59. The van der Waals surface area contributed by atoms with Crippen molar-refractivity contribution >= 4 is 17.2 Å². The van der Waals surface area contributed by atoms with Crippen molar-refractivity contribution in [2.45, 2.75) is 6.36 Å². The summed E-state index contributed by atoms with van der Waals surface area (Å²) in [6, 6.07) is 13.0. The molecule has 2 aromatic heterocycles. The number of hydrogen-bond acceptors (Lipinski definition) is 5. The molecule has 0 fully saturated rings. The van der Waals surface area contributed by atoms with Crippen molar-refractivity contribution in [1.82, 2.24) is 14.4 Å². The Hall–Kier alpha value is -3.75. The molecular formula is C20H15F3N4O2. The molecular weight excluding hydrogens is 385 g/mol. The molecule has 0 amide bonds. The van der Waals surface area contributed by atoms with Crippen LogP contribution in [0, 0.1) is 0 Å². The number of rotatable bonds is 5. The van der Waals surface area contributed by atoms with Gasteiger partial charge < -0.3 is 14.8 Å². The van der Waals surface area contributed by atoms with Gasteiger partial charge in [0, 0.05) is 23.6 Å². The largest absolute Gasteiger partial charge is 0.573 e. The maximum Gasteiger partial charge on any atom is 0.573 e. The average Bonchev–Trinajstić information content (AvgIpc) is 3.18.